The van der Waals surface area contributed by atoms with E-state index in [9.17, 15) is 4.79 Å². The minimum Gasteiger partial charge on any atom is -0.286 e. The Labute approximate surface area is 132 Å². The molecule has 1 aliphatic rings. The Morgan fingerprint density at radius 1 is 1.32 bits per heavy atom. The lowest BCUT2D eigenvalue weighted by Crippen LogP contribution is -2.15. The molecule has 110 valence electrons. The summed E-state index contributed by atoms with van der Waals surface area (Å²) >= 11 is 5.99. The number of carbonyl (C=O) groups is 1. The number of benzene rings is 1. The van der Waals surface area contributed by atoms with E-state index in [-0.39, 0.29) is 11.2 Å². The zero-order valence-electron chi connectivity index (χ0n) is 12.1. The fourth-order valence-electron chi connectivity index (χ4n) is 3.18. The van der Waals surface area contributed by atoms with Crippen molar-refractivity contribution >= 4 is 28.4 Å². The number of hydrogen-bond acceptors (Lipinski definition) is 3. The molecule has 0 N–H and O–H groups in total. The fraction of sp³-hybridized carbons (Fsp3) is 0.235. The minimum atomic E-state index is 0.133. The van der Waals surface area contributed by atoms with E-state index < -0.39 is 0 Å². The number of carbonyl (C=O) groups excluding carboxylic acids is 1. The molecule has 0 aliphatic carbocycles. The molecule has 0 unspecified atom stereocenters. The summed E-state index contributed by atoms with van der Waals surface area (Å²) in [4.78, 5) is 20.7. The summed E-state index contributed by atoms with van der Waals surface area (Å²) in [6.07, 6.45) is 5.82. The van der Waals surface area contributed by atoms with Crippen LogP contribution < -0.4 is 0 Å². The van der Waals surface area contributed by atoms with E-state index in [1.165, 1.54) is 5.56 Å². The highest BCUT2D eigenvalue weighted by atomic mass is 35.5. The average Bonchev–Trinajstić information content (AvgIpc) is 2.92. The lowest BCUT2D eigenvalue weighted by Gasteiger charge is -2.13. The molecule has 0 fully saturated rings. The maximum Gasteiger partial charge on any atom is 0.231 e. The van der Waals surface area contributed by atoms with Crippen molar-refractivity contribution < 1.29 is 4.79 Å². The Morgan fingerprint density at radius 3 is 3.00 bits per heavy atom. The van der Waals surface area contributed by atoms with Gasteiger partial charge in [0.05, 0.1) is 11.2 Å². The van der Waals surface area contributed by atoms with Crippen molar-refractivity contribution in [3.63, 3.8) is 0 Å². The van der Waals surface area contributed by atoms with Crippen molar-refractivity contribution in [1.82, 2.24) is 14.5 Å². The van der Waals surface area contributed by atoms with Crippen LogP contribution in [0.3, 0.4) is 0 Å². The summed E-state index contributed by atoms with van der Waals surface area (Å²) in [7, 11) is 0. The van der Waals surface area contributed by atoms with Gasteiger partial charge in [-0.2, -0.15) is 0 Å². The van der Waals surface area contributed by atoms with Crippen molar-refractivity contribution in [3.8, 4) is 11.3 Å². The van der Waals surface area contributed by atoms with Crippen molar-refractivity contribution in [2.75, 3.05) is 0 Å². The molecule has 5 heteroatoms. The maximum absolute atomic E-state index is 12.2. The van der Waals surface area contributed by atoms with Gasteiger partial charge in [-0.25, -0.2) is 9.97 Å². The SMILES string of the molecule is CCc1cnc(Cl)nc1-c1cn2c3c(cccc13)CCC2=O. The molecule has 1 aliphatic heterocycles. The molecule has 0 radical (unpaired) electrons. The molecule has 22 heavy (non-hydrogen) atoms. The zero-order chi connectivity index (χ0) is 15.3. The molecule has 3 heterocycles. The predicted molar refractivity (Wildman–Crippen MR) is 86.3 cm³/mol. The van der Waals surface area contributed by atoms with Crippen LogP contribution in [0.1, 0.15) is 29.3 Å². The molecule has 0 saturated heterocycles. The summed E-state index contributed by atoms with van der Waals surface area (Å²) in [5.41, 5.74) is 5.01. The van der Waals surface area contributed by atoms with Gasteiger partial charge in [0.1, 0.15) is 0 Å². The second-order valence-corrected chi connectivity index (χ2v) is 5.82. The Kier molecular flexibility index (Phi) is 3.01. The van der Waals surface area contributed by atoms with Crippen molar-refractivity contribution in [3.05, 3.63) is 47.0 Å². The lowest BCUT2D eigenvalue weighted by atomic mass is 10.00. The molecule has 1 aromatic carbocycles. The van der Waals surface area contributed by atoms with E-state index in [1.807, 2.05) is 18.3 Å². The van der Waals surface area contributed by atoms with E-state index in [2.05, 4.69) is 23.0 Å². The molecule has 4 rings (SSSR count). The Balaban J connectivity index is 2.08. The highest BCUT2D eigenvalue weighted by Gasteiger charge is 2.23. The van der Waals surface area contributed by atoms with Gasteiger partial charge in [-0.15, -0.1) is 0 Å². The number of aromatic nitrogens is 3. The number of nitrogens with zero attached hydrogens (tertiary/aromatic N) is 3. The number of rotatable bonds is 2. The van der Waals surface area contributed by atoms with Gasteiger partial charge in [0.15, 0.2) is 0 Å². The van der Waals surface area contributed by atoms with Crippen LogP contribution in [-0.2, 0) is 12.8 Å². The van der Waals surface area contributed by atoms with Gasteiger partial charge in [0.2, 0.25) is 11.2 Å². The maximum atomic E-state index is 12.2. The second kappa shape index (κ2) is 4.92. The van der Waals surface area contributed by atoms with Crippen LogP contribution in [0.2, 0.25) is 5.28 Å². The average molecular weight is 312 g/mol. The van der Waals surface area contributed by atoms with Crippen LogP contribution in [0, 0.1) is 0 Å². The molecule has 0 bridgehead atoms. The Morgan fingerprint density at radius 2 is 2.18 bits per heavy atom. The van der Waals surface area contributed by atoms with Crippen LogP contribution in [0.5, 0.6) is 0 Å². The summed E-state index contributed by atoms with van der Waals surface area (Å²) in [5.74, 6) is 0.133. The number of hydrogen-bond donors (Lipinski definition) is 0. The van der Waals surface area contributed by atoms with Crippen LogP contribution in [0.25, 0.3) is 22.2 Å². The molecular weight excluding hydrogens is 298 g/mol. The number of halogens is 1. The quantitative estimate of drug-likeness (QED) is 0.674. The Hall–Kier alpha value is -2.20. The van der Waals surface area contributed by atoms with Crippen molar-refractivity contribution in [2.45, 2.75) is 26.2 Å². The highest BCUT2D eigenvalue weighted by Crippen LogP contribution is 2.36. The summed E-state index contributed by atoms with van der Waals surface area (Å²) in [5, 5.41) is 1.28. The highest BCUT2D eigenvalue weighted by molar-refractivity contribution is 6.28. The van der Waals surface area contributed by atoms with Gasteiger partial charge in [-0.1, -0.05) is 25.1 Å². The topological polar surface area (TPSA) is 47.8 Å². The number of aryl methyl sites for hydroxylation is 2. The molecule has 2 aromatic heterocycles. The first-order valence-electron chi connectivity index (χ1n) is 7.37. The third-order valence-electron chi connectivity index (χ3n) is 4.26. The third kappa shape index (κ3) is 1.87. The summed E-state index contributed by atoms with van der Waals surface area (Å²) in [6, 6.07) is 6.16. The predicted octanol–water partition coefficient (Wildman–Crippen LogP) is 3.90. The second-order valence-electron chi connectivity index (χ2n) is 5.49. The largest absolute Gasteiger partial charge is 0.286 e. The normalized spacial score (nSPS) is 13.8. The van der Waals surface area contributed by atoms with Crippen LogP contribution in [-0.4, -0.2) is 20.4 Å². The number of para-hydroxylation sites is 1. The van der Waals surface area contributed by atoms with Gasteiger partial charge < -0.3 is 0 Å². The molecule has 0 amide bonds. The first-order valence-corrected chi connectivity index (χ1v) is 7.74. The van der Waals surface area contributed by atoms with Crippen molar-refractivity contribution in [2.24, 2.45) is 0 Å². The molecular formula is C17H14ClN3O. The molecule has 0 atom stereocenters. The van der Waals surface area contributed by atoms with E-state index >= 15 is 0 Å². The third-order valence-corrected chi connectivity index (χ3v) is 4.44. The van der Waals surface area contributed by atoms with Gasteiger partial charge in [0, 0.05) is 29.8 Å². The minimum absolute atomic E-state index is 0.133. The zero-order valence-corrected chi connectivity index (χ0v) is 12.9. The summed E-state index contributed by atoms with van der Waals surface area (Å²) in [6.45, 7) is 2.06. The monoisotopic (exact) mass is 311 g/mol. The molecule has 0 saturated carbocycles. The van der Waals surface area contributed by atoms with E-state index in [0.717, 1.165) is 40.6 Å². The Bertz CT molecular complexity index is 914. The smallest absolute Gasteiger partial charge is 0.231 e. The van der Waals surface area contributed by atoms with Crippen molar-refractivity contribution in [1.29, 1.82) is 0 Å². The standard InChI is InChI=1S/C17H14ClN3O/c1-2-10-8-19-17(18)20-15(10)13-9-21-14(22)7-6-11-4-3-5-12(13)16(11)21/h3-5,8-9H,2,6-7H2,1H3. The van der Waals surface area contributed by atoms with Crippen LogP contribution >= 0.6 is 11.6 Å². The first kappa shape index (κ1) is 13.5. The van der Waals surface area contributed by atoms with E-state index in [0.29, 0.717) is 6.42 Å². The lowest BCUT2D eigenvalue weighted by molar-refractivity contribution is 0.0903. The van der Waals surface area contributed by atoms with Gasteiger partial charge in [-0.05, 0) is 35.6 Å². The molecule has 4 nitrogen and oxygen atoms in total. The molecule has 3 aromatic rings. The van der Waals surface area contributed by atoms with Gasteiger partial charge in [-0.3, -0.25) is 9.36 Å². The van der Waals surface area contributed by atoms with E-state index in [4.69, 9.17) is 11.6 Å². The van der Waals surface area contributed by atoms with Gasteiger partial charge in [0.25, 0.3) is 0 Å². The summed E-state index contributed by atoms with van der Waals surface area (Å²) < 4.78 is 1.76. The van der Waals surface area contributed by atoms with Gasteiger partial charge >= 0.3 is 0 Å². The van der Waals surface area contributed by atoms with E-state index in [1.54, 1.807) is 10.8 Å². The van der Waals surface area contributed by atoms with Crippen LogP contribution in [0.15, 0.2) is 30.6 Å². The molecule has 0 spiro atoms. The first-order chi connectivity index (χ1) is 10.7. The van der Waals surface area contributed by atoms with Crippen LogP contribution in [0.4, 0.5) is 0 Å². The fourth-order valence-corrected chi connectivity index (χ4v) is 3.32.